The van der Waals surface area contributed by atoms with Crippen LogP contribution < -0.4 is 0 Å². The van der Waals surface area contributed by atoms with Crippen LogP contribution in [0.3, 0.4) is 0 Å². The molecule has 1 unspecified atom stereocenters. The number of aliphatic hydroxyl groups is 1. The molecule has 0 amide bonds. The first-order valence-electron chi connectivity index (χ1n) is 5.05. The molecule has 1 aromatic heterocycles. The van der Waals surface area contributed by atoms with Crippen molar-refractivity contribution in [1.82, 2.24) is 0 Å². The highest BCUT2D eigenvalue weighted by Gasteiger charge is 2.30. The average molecular weight is 253 g/mol. The second kappa shape index (κ2) is 4.21. The van der Waals surface area contributed by atoms with Gasteiger partial charge in [-0.3, -0.25) is 0 Å². The van der Waals surface area contributed by atoms with E-state index in [1.807, 2.05) is 42.6 Å². The van der Waals surface area contributed by atoms with Gasteiger partial charge in [0.2, 0.25) is 0 Å². The molecule has 1 heterocycles. The summed E-state index contributed by atoms with van der Waals surface area (Å²) in [4.78, 5) is 0.795. The predicted octanol–water partition coefficient (Wildman–Crippen LogP) is 3.97. The maximum atomic E-state index is 10.6. The zero-order chi connectivity index (χ0) is 11.8. The van der Waals surface area contributed by atoms with Gasteiger partial charge in [0.1, 0.15) is 5.60 Å². The Morgan fingerprint density at radius 1 is 1.25 bits per heavy atom. The number of hydrogen-bond donors (Lipinski definition) is 1. The zero-order valence-electron chi connectivity index (χ0n) is 9.20. The van der Waals surface area contributed by atoms with Crippen LogP contribution in [0.2, 0.25) is 5.02 Å². The molecule has 1 N–H and O–H groups in total. The third-order valence-corrected chi connectivity index (χ3v) is 4.28. The number of hydrogen-bond acceptors (Lipinski definition) is 2. The van der Waals surface area contributed by atoms with Gasteiger partial charge in [-0.1, -0.05) is 35.9 Å². The van der Waals surface area contributed by atoms with E-state index < -0.39 is 5.60 Å². The topological polar surface area (TPSA) is 20.2 Å². The molecule has 2 rings (SSSR count). The molecule has 1 nitrogen and oxygen atoms in total. The second-order valence-electron chi connectivity index (χ2n) is 3.98. The van der Waals surface area contributed by atoms with Gasteiger partial charge < -0.3 is 5.11 Å². The molecular formula is C13H13ClOS. The summed E-state index contributed by atoms with van der Waals surface area (Å²) in [5.41, 5.74) is 0.952. The number of rotatable bonds is 2. The Kier molecular flexibility index (Phi) is 3.06. The normalized spacial score (nSPS) is 14.8. The zero-order valence-corrected chi connectivity index (χ0v) is 10.8. The predicted molar refractivity (Wildman–Crippen MR) is 69.2 cm³/mol. The van der Waals surface area contributed by atoms with Gasteiger partial charge in [-0.05, 0) is 36.4 Å². The highest BCUT2D eigenvalue weighted by Crippen LogP contribution is 2.38. The molecule has 0 bridgehead atoms. The van der Waals surface area contributed by atoms with Crippen molar-refractivity contribution in [3.63, 3.8) is 0 Å². The molecule has 0 aliphatic rings. The van der Waals surface area contributed by atoms with Crippen LogP contribution in [0.25, 0.3) is 0 Å². The van der Waals surface area contributed by atoms with Crippen LogP contribution in [-0.2, 0) is 5.60 Å². The summed E-state index contributed by atoms with van der Waals surface area (Å²) in [6.45, 7) is 3.78. The van der Waals surface area contributed by atoms with E-state index in [1.165, 1.54) is 11.3 Å². The Hall–Kier alpha value is -0.830. The first kappa shape index (κ1) is 11.6. The van der Waals surface area contributed by atoms with Crippen molar-refractivity contribution in [3.05, 3.63) is 56.7 Å². The van der Waals surface area contributed by atoms with Gasteiger partial charge in [-0.2, -0.15) is 0 Å². The van der Waals surface area contributed by atoms with Gasteiger partial charge in [0.25, 0.3) is 0 Å². The molecule has 1 aromatic carbocycles. The van der Waals surface area contributed by atoms with Gasteiger partial charge in [0.15, 0.2) is 0 Å². The molecular weight excluding hydrogens is 240 g/mol. The Labute approximate surface area is 104 Å². The van der Waals surface area contributed by atoms with Crippen LogP contribution in [0.4, 0.5) is 0 Å². The number of benzene rings is 1. The third-order valence-electron chi connectivity index (χ3n) is 2.73. The van der Waals surface area contributed by atoms with Crippen molar-refractivity contribution < 1.29 is 5.11 Å². The van der Waals surface area contributed by atoms with Crippen molar-refractivity contribution >= 4 is 22.9 Å². The largest absolute Gasteiger partial charge is 0.380 e. The van der Waals surface area contributed by atoms with Crippen LogP contribution in [0.5, 0.6) is 0 Å². The van der Waals surface area contributed by atoms with Crippen molar-refractivity contribution in [1.29, 1.82) is 0 Å². The molecule has 3 heteroatoms. The summed E-state index contributed by atoms with van der Waals surface area (Å²) in [7, 11) is 0. The van der Waals surface area contributed by atoms with Crippen LogP contribution in [-0.4, -0.2) is 5.11 Å². The Morgan fingerprint density at radius 2 is 1.94 bits per heavy atom. The summed E-state index contributed by atoms with van der Waals surface area (Å²) < 4.78 is 0. The molecule has 0 radical (unpaired) electrons. The maximum Gasteiger partial charge on any atom is 0.123 e. The van der Waals surface area contributed by atoms with Gasteiger partial charge >= 0.3 is 0 Å². The van der Waals surface area contributed by atoms with Crippen LogP contribution in [0.15, 0.2) is 35.7 Å². The standard InChI is InChI=1S/C13H13ClOS/c1-9-5-3-4-6-10(9)13(2,15)12-11(14)7-8-16-12/h3-8,15H,1-2H3. The number of aryl methyl sites for hydroxylation is 1. The molecule has 0 saturated heterocycles. The van der Waals surface area contributed by atoms with Crippen LogP contribution >= 0.6 is 22.9 Å². The van der Waals surface area contributed by atoms with E-state index in [4.69, 9.17) is 11.6 Å². The minimum absolute atomic E-state index is 0.623. The van der Waals surface area contributed by atoms with Crippen LogP contribution in [0, 0.1) is 6.92 Å². The lowest BCUT2D eigenvalue weighted by Gasteiger charge is -2.25. The van der Waals surface area contributed by atoms with Crippen LogP contribution in [0.1, 0.15) is 22.9 Å². The number of thiophene rings is 1. The summed E-state index contributed by atoms with van der Waals surface area (Å²) in [6.07, 6.45) is 0. The summed E-state index contributed by atoms with van der Waals surface area (Å²) in [5, 5.41) is 13.2. The molecule has 16 heavy (non-hydrogen) atoms. The lowest BCUT2D eigenvalue weighted by Crippen LogP contribution is -2.22. The Balaban J connectivity index is 2.55. The van der Waals surface area contributed by atoms with E-state index in [-0.39, 0.29) is 0 Å². The molecule has 1 atom stereocenters. The lowest BCUT2D eigenvalue weighted by molar-refractivity contribution is 0.106. The van der Waals surface area contributed by atoms with E-state index in [2.05, 4.69) is 0 Å². The van der Waals surface area contributed by atoms with E-state index >= 15 is 0 Å². The van der Waals surface area contributed by atoms with Crippen molar-refractivity contribution in [2.24, 2.45) is 0 Å². The first-order chi connectivity index (χ1) is 7.53. The van der Waals surface area contributed by atoms with Crippen molar-refractivity contribution in [2.45, 2.75) is 19.4 Å². The maximum absolute atomic E-state index is 10.6. The highest BCUT2D eigenvalue weighted by molar-refractivity contribution is 7.10. The molecule has 0 aliphatic carbocycles. The van der Waals surface area contributed by atoms with Gasteiger partial charge in [-0.25, -0.2) is 0 Å². The van der Waals surface area contributed by atoms with E-state index in [9.17, 15) is 5.11 Å². The van der Waals surface area contributed by atoms with Gasteiger partial charge in [-0.15, -0.1) is 11.3 Å². The Bertz CT molecular complexity index is 502. The SMILES string of the molecule is Cc1ccccc1C(C)(O)c1sccc1Cl. The minimum Gasteiger partial charge on any atom is -0.380 e. The quantitative estimate of drug-likeness (QED) is 0.858. The van der Waals surface area contributed by atoms with Gasteiger partial charge in [0, 0.05) is 0 Å². The Morgan fingerprint density at radius 3 is 2.50 bits per heavy atom. The third kappa shape index (κ3) is 1.88. The molecule has 0 aliphatic heterocycles. The minimum atomic E-state index is -1.02. The smallest absolute Gasteiger partial charge is 0.123 e. The average Bonchev–Trinajstić information content (AvgIpc) is 2.65. The van der Waals surface area contributed by atoms with E-state index in [0.717, 1.165) is 16.0 Å². The van der Waals surface area contributed by atoms with Gasteiger partial charge in [0.05, 0.1) is 9.90 Å². The fourth-order valence-corrected chi connectivity index (χ4v) is 3.20. The molecule has 0 spiro atoms. The highest BCUT2D eigenvalue weighted by atomic mass is 35.5. The summed E-state index contributed by atoms with van der Waals surface area (Å²) in [5.74, 6) is 0. The monoisotopic (exact) mass is 252 g/mol. The molecule has 0 fully saturated rings. The number of halogens is 1. The fraction of sp³-hybridized carbons (Fsp3) is 0.231. The first-order valence-corrected chi connectivity index (χ1v) is 6.31. The van der Waals surface area contributed by atoms with E-state index in [1.54, 1.807) is 6.92 Å². The lowest BCUT2D eigenvalue weighted by atomic mass is 9.91. The summed E-state index contributed by atoms with van der Waals surface area (Å²) in [6, 6.07) is 9.63. The second-order valence-corrected chi connectivity index (χ2v) is 5.31. The summed E-state index contributed by atoms with van der Waals surface area (Å²) >= 11 is 7.56. The molecule has 2 aromatic rings. The molecule has 84 valence electrons. The van der Waals surface area contributed by atoms with Crippen molar-refractivity contribution in [2.75, 3.05) is 0 Å². The van der Waals surface area contributed by atoms with E-state index in [0.29, 0.717) is 5.02 Å². The fourth-order valence-electron chi connectivity index (χ4n) is 1.88. The van der Waals surface area contributed by atoms with Crippen molar-refractivity contribution in [3.8, 4) is 0 Å². The molecule has 0 saturated carbocycles.